The van der Waals surface area contributed by atoms with Gasteiger partial charge in [0.25, 0.3) is 10.0 Å². The molecule has 1 amide bonds. The minimum Gasteiger partial charge on any atom is -0.494 e. The molecular formula is C17H20ClFN2O4S2. The Morgan fingerprint density at radius 1 is 1.22 bits per heavy atom. The number of likely N-dealkylation sites (N-methyl/N-ethyl adjacent to an activating group) is 1. The third kappa shape index (κ3) is 6.76. The molecule has 0 radical (unpaired) electrons. The third-order valence-electron chi connectivity index (χ3n) is 3.56. The predicted octanol–water partition coefficient (Wildman–Crippen LogP) is 3.14. The summed E-state index contributed by atoms with van der Waals surface area (Å²) in [6.07, 6.45) is 1.36. The maximum Gasteiger partial charge on any atom is 0.252 e. The molecule has 1 heterocycles. The van der Waals surface area contributed by atoms with Gasteiger partial charge in [-0.1, -0.05) is 11.6 Å². The van der Waals surface area contributed by atoms with Crippen LogP contribution in [0.3, 0.4) is 0 Å². The predicted molar refractivity (Wildman–Crippen MR) is 103 cm³/mol. The molecular weight excluding hydrogens is 415 g/mol. The largest absolute Gasteiger partial charge is 0.494 e. The molecule has 0 atom stereocenters. The van der Waals surface area contributed by atoms with Crippen LogP contribution < -0.4 is 10.1 Å². The second-order valence-corrected chi connectivity index (χ2v) is 9.67. The summed E-state index contributed by atoms with van der Waals surface area (Å²) in [6.45, 7) is 0.573. The summed E-state index contributed by atoms with van der Waals surface area (Å²) in [5, 5.41) is 2.68. The van der Waals surface area contributed by atoms with Crippen molar-refractivity contribution >= 4 is 38.9 Å². The first-order valence-corrected chi connectivity index (χ1v) is 10.8. The number of halogens is 2. The Balaban J connectivity index is 1.65. The number of carbonyl (C=O) groups excluding carboxylic acids is 1. The lowest BCUT2D eigenvalue weighted by molar-refractivity contribution is -0.121. The first-order valence-electron chi connectivity index (χ1n) is 8.16. The molecule has 6 nitrogen and oxygen atoms in total. The molecule has 0 aliphatic heterocycles. The number of sulfonamides is 1. The van der Waals surface area contributed by atoms with Crippen molar-refractivity contribution in [1.82, 2.24) is 9.62 Å². The molecule has 27 heavy (non-hydrogen) atoms. The molecule has 0 spiro atoms. The molecule has 0 unspecified atom stereocenters. The molecule has 0 aliphatic rings. The molecule has 2 aromatic rings. The van der Waals surface area contributed by atoms with Crippen molar-refractivity contribution in [3.8, 4) is 5.75 Å². The lowest BCUT2D eigenvalue weighted by Gasteiger charge is -2.15. The average Bonchev–Trinajstić information content (AvgIpc) is 3.06. The molecule has 0 saturated heterocycles. The summed E-state index contributed by atoms with van der Waals surface area (Å²) in [5.74, 6) is -0.122. The van der Waals surface area contributed by atoms with Gasteiger partial charge in [-0.05, 0) is 49.2 Å². The number of amides is 1. The molecule has 0 aliphatic carbocycles. The number of thiophene rings is 1. The van der Waals surface area contributed by atoms with Gasteiger partial charge in [0.2, 0.25) is 5.91 Å². The van der Waals surface area contributed by atoms with Crippen molar-refractivity contribution in [2.45, 2.75) is 17.1 Å². The molecule has 10 heteroatoms. The normalized spacial score (nSPS) is 11.6. The maximum absolute atomic E-state index is 12.8. The van der Waals surface area contributed by atoms with E-state index >= 15 is 0 Å². The van der Waals surface area contributed by atoms with Crippen molar-refractivity contribution < 1.29 is 22.3 Å². The molecule has 2 rings (SSSR count). The Bertz CT molecular complexity index is 856. The van der Waals surface area contributed by atoms with E-state index in [1.807, 2.05) is 0 Å². The molecule has 0 bridgehead atoms. The SMILES string of the molecule is CN(CC(=O)NCCCCOc1ccc(F)cc1)S(=O)(=O)c1ccc(Cl)s1. The lowest BCUT2D eigenvalue weighted by Crippen LogP contribution is -2.38. The number of hydrogen-bond donors (Lipinski definition) is 1. The lowest BCUT2D eigenvalue weighted by atomic mass is 10.3. The van der Waals surface area contributed by atoms with Crippen molar-refractivity contribution in [2.75, 3.05) is 26.7 Å². The molecule has 1 N–H and O–H groups in total. The fraction of sp³-hybridized carbons (Fsp3) is 0.353. The van der Waals surface area contributed by atoms with Crippen molar-refractivity contribution in [3.63, 3.8) is 0 Å². The van der Waals surface area contributed by atoms with Crippen molar-refractivity contribution in [3.05, 3.63) is 46.6 Å². The van der Waals surface area contributed by atoms with Crippen LogP contribution in [0.1, 0.15) is 12.8 Å². The van der Waals surface area contributed by atoms with Crippen LogP contribution in [0.5, 0.6) is 5.75 Å². The minimum absolute atomic E-state index is 0.0979. The van der Waals surface area contributed by atoms with E-state index in [1.54, 1.807) is 12.1 Å². The van der Waals surface area contributed by atoms with E-state index in [9.17, 15) is 17.6 Å². The van der Waals surface area contributed by atoms with E-state index in [4.69, 9.17) is 16.3 Å². The maximum atomic E-state index is 12.8. The van der Waals surface area contributed by atoms with E-state index in [2.05, 4.69) is 5.32 Å². The summed E-state index contributed by atoms with van der Waals surface area (Å²) >= 11 is 6.71. The number of rotatable bonds is 10. The van der Waals surface area contributed by atoms with E-state index in [1.165, 1.54) is 31.3 Å². The van der Waals surface area contributed by atoms with Crippen molar-refractivity contribution in [1.29, 1.82) is 0 Å². The van der Waals surface area contributed by atoms with Crippen molar-refractivity contribution in [2.24, 2.45) is 0 Å². The highest BCUT2D eigenvalue weighted by Crippen LogP contribution is 2.27. The fourth-order valence-corrected chi connectivity index (χ4v) is 4.93. The van der Waals surface area contributed by atoms with Gasteiger partial charge >= 0.3 is 0 Å². The Morgan fingerprint density at radius 3 is 2.56 bits per heavy atom. The first-order chi connectivity index (χ1) is 12.8. The Hall–Kier alpha value is -1.68. The van der Waals surface area contributed by atoms with E-state index < -0.39 is 10.0 Å². The minimum atomic E-state index is -3.73. The molecule has 1 aromatic heterocycles. The average molecular weight is 435 g/mol. The highest BCUT2D eigenvalue weighted by molar-refractivity contribution is 7.91. The number of unbranched alkanes of at least 4 members (excludes halogenated alkanes) is 1. The van der Waals surface area contributed by atoms with Gasteiger partial charge < -0.3 is 10.1 Å². The second kappa shape index (κ2) is 10.0. The van der Waals surface area contributed by atoms with Gasteiger partial charge in [0.1, 0.15) is 15.8 Å². The topological polar surface area (TPSA) is 75.7 Å². The zero-order valence-electron chi connectivity index (χ0n) is 14.7. The van der Waals surface area contributed by atoms with Crippen LogP contribution in [-0.4, -0.2) is 45.4 Å². The summed E-state index contributed by atoms with van der Waals surface area (Å²) in [5.41, 5.74) is 0. The highest BCUT2D eigenvalue weighted by Gasteiger charge is 2.24. The summed E-state index contributed by atoms with van der Waals surface area (Å²) in [4.78, 5) is 11.9. The monoisotopic (exact) mass is 434 g/mol. The number of hydrogen-bond acceptors (Lipinski definition) is 5. The Labute approximate surface area is 166 Å². The highest BCUT2D eigenvalue weighted by atomic mass is 35.5. The number of ether oxygens (including phenoxy) is 1. The summed E-state index contributed by atoms with van der Waals surface area (Å²) < 4.78 is 44.3. The summed E-state index contributed by atoms with van der Waals surface area (Å²) in [7, 11) is -2.38. The van der Waals surface area contributed by atoms with Gasteiger partial charge in [-0.15, -0.1) is 11.3 Å². The van der Waals surface area contributed by atoms with Gasteiger partial charge in [0, 0.05) is 13.6 Å². The van der Waals surface area contributed by atoms with Crippen LogP contribution in [-0.2, 0) is 14.8 Å². The van der Waals surface area contributed by atoms with Crippen LogP contribution in [0, 0.1) is 5.82 Å². The smallest absolute Gasteiger partial charge is 0.252 e. The molecule has 0 saturated carbocycles. The van der Waals surface area contributed by atoms with E-state index in [-0.39, 0.29) is 22.5 Å². The Kier molecular flexibility index (Phi) is 8.03. The van der Waals surface area contributed by atoms with Gasteiger partial charge in [-0.3, -0.25) is 4.79 Å². The summed E-state index contributed by atoms with van der Waals surface area (Å²) in [6, 6.07) is 8.66. The number of benzene rings is 1. The van der Waals surface area contributed by atoms with Gasteiger partial charge in [-0.2, -0.15) is 4.31 Å². The quantitative estimate of drug-likeness (QED) is 0.583. The van der Waals surface area contributed by atoms with Crippen LogP contribution in [0.4, 0.5) is 4.39 Å². The van der Waals surface area contributed by atoms with E-state index in [0.717, 1.165) is 15.6 Å². The zero-order chi connectivity index (χ0) is 19.9. The Morgan fingerprint density at radius 2 is 1.93 bits per heavy atom. The van der Waals surface area contributed by atoms with Crippen LogP contribution in [0.2, 0.25) is 4.34 Å². The van der Waals surface area contributed by atoms with Gasteiger partial charge in [0.15, 0.2) is 0 Å². The zero-order valence-corrected chi connectivity index (χ0v) is 17.0. The first kappa shape index (κ1) is 21.6. The third-order valence-corrected chi connectivity index (χ3v) is 7.06. The van der Waals surface area contributed by atoms with E-state index in [0.29, 0.717) is 36.1 Å². The molecule has 0 fully saturated rings. The molecule has 1 aromatic carbocycles. The van der Waals surface area contributed by atoms with Gasteiger partial charge in [0.05, 0.1) is 17.5 Å². The fourth-order valence-electron chi connectivity index (χ4n) is 2.11. The standard InChI is InChI=1S/C17H20ClFN2O4S2/c1-21(27(23,24)17-9-8-15(18)26-17)12-16(22)20-10-2-3-11-25-14-6-4-13(19)5-7-14/h4-9H,2-3,10-12H2,1H3,(H,20,22). The van der Waals surface area contributed by atoms with Crippen LogP contribution >= 0.6 is 22.9 Å². The van der Waals surface area contributed by atoms with Gasteiger partial charge in [-0.25, -0.2) is 12.8 Å². The van der Waals surface area contributed by atoms with Crippen LogP contribution in [0.15, 0.2) is 40.6 Å². The number of nitrogens with zero attached hydrogens (tertiary/aromatic N) is 1. The number of carbonyl (C=O) groups is 1. The molecule has 148 valence electrons. The number of nitrogens with one attached hydrogen (secondary N) is 1. The van der Waals surface area contributed by atoms with Crippen LogP contribution in [0.25, 0.3) is 0 Å². The second-order valence-electron chi connectivity index (χ2n) is 5.68.